The van der Waals surface area contributed by atoms with Crippen molar-refractivity contribution in [2.24, 2.45) is 0 Å². The quantitative estimate of drug-likeness (QED) is 0.673. The molecule has 1 aromatic carbocycles. The summed E-state index contributed by atoms with van der Waals surface area (Å²) in [7, 11) is 0. The van der Waals surface area contributed by atoms with Crippen molar-refractivity contribution < 1.29 is 15.0 Å². The van der Waals surface area contributed by atoms with Gasteiger partial charge in [0.05, 0.1) is 13.0 Å². The molecule has 1 rings (SSSR count). The van der Waals surface area contributed by atoms with Crippen molar-refractivity contribution in [1.29, 1.82) is 0 Å². The molecule has 0 aliphatic heterocycles. The van der Waals surface area contributed by atoms with Crippen LogP contribution in [0.25, 0.3) is 0 Å². The SMILES string of the molecule is C[C@H](CO)NC(=O)Cc1cccc(O)c1. The van der Waals surface area contributed by atoms with Crippen molar-refractivity contribution in [1.82, 2.24) is 5.32 Å². The summed E-state index contributed by atoms with van der Waals surface area (Å²) in [5.74, 6) is -0.0161. The van der Waals surface area contributed by atoms with Crippen LogP contribution in [-0.2, 0) is 11.2 Å². The summed E-state index contributed by atoms with van der Waals surface area (Å²) in [6, 6.07) is 6.31. The van der Waals surface area contributed by atoms with Gasteiger partial charge in [-0.1, -0.05) is 12.1 Å². The van der Waals surface area contributed by atoms with Crippen LogP contribution in [0.1, 0.15) is 12.5 Å². The fourth-order valence-electron chi connectivity index (χ4n) is 1.22. The molecular formula is C11H15NO3. The molecule has 0 radical (unpaired) electrons. The molecule has 0 unspecified atom stereocenters. The largest absolute Gasteiger partial charge is 0.508 e. The van der Waals surface area contributed by atoms with E-state index in [1.165, 1.54) is 0 Å². The van der Waals surface area contributed by atoms with Gasteiger partial charge in [-0.25, -0.2) is 0 Å². The molecule has 0 aromatic heterocycles. The normalized spacial score (nSPS) is 12.1. The molecule has 4 nitrogen and oxygen atoms in total. The van der Waals surface area contributed by atoms with Crippen LogP contribution < -0.4 is 5.32 Å². The Morgan fingerprint density at radius 1 is 1.53 bits per heavy atom. The molecule has 1 atom stereocenters. The molecule has 1 amide bonds. The van der Waals surface area contributed by atoms with Crippen LogP contribution in [0, 0.1) is 0 Å². The third-order valence-corrected chi connectivity index (χ3v) is 1.96. The number of aliphatic hydroxyl groups excluding tert-OH is 1. The molecule has 1 aromatic rings. The van der Waals surface area contributed by atoms with Crippen molar-refractivity contribution in [2.75, 3.05) is 6.61 Å². The molecule has 82 valence electrons. The second-order valence-electron chi connectivity index (χ2n) is 3.50. The second kappa shape index (κ2) is 5.36. The van der Waals surface area contributed by atoms with E-state index < -0.39 is 0 Å². The Labute approximate surface area is 88.6 Å². The van der Waals surface area contributed by atoms with E-state index in [4.69, 9.17) is 5.11 Å². The Balaban J connectivity index is 2.51. The average molecular weight is 209 g/mol. The number of rotatable bonds is 4. The minimum absolute atomic E-state index is 0.0776. The third-order valence-electron chi connectivity index (χ3n) is 1.96. The number of aromatic hydroxyl groups is 1. The minimum atomic E-state index is -0.241. The first kappa shape index (κ1) is 11.5. The number of carbonyl (C=O) groups is 1. The van der Waals surface area contributed by atoms with Crippen LogP contribution >= 0.6 is 0 Å². The Kier molecular flexibility index (Phi) is 4.12. The molecule has 0 fully saturated rings. The predicted octanol–water partition coefficient (Wildman–Crippen LogP) is 0.432. The first-order valence-corrected chi connectivity index (χ1v) is 4.80. The van der Waals surface area contributed by atoms with Crippen LogP contribution in [0.5, 0.6) is 5.75 Å². The molecule has 0 heterocycles. The van der Waals surface area contributed by atoms with Gasteiger partial charge >= 0.3 is 0 Å². The number of carbonyl (C=O) groups excluding carboxylic acids is 1. The summed E-state index contributed by atoms with van der Waals surface area (Å²) in [5.41, 5.74) is 0.748. The summed E-state index contributed by atoms with van der Waals surface area (Å²) < 4.78 is 0. The van der Waals surface area contributed by atoms with Gasteiger partial charge in [0, 0.05) is 6.04 Å². The van der Waals surface area contributed by atoms with Crippen LogP contribution in [0.4, 0.5) is 0 Å². The molecule has 15 heavy (non-hydrogen) atoms. The van der Waals surface area contributed by atoms with Gasteiger partial charge in [0.2, 0.25) is 5.91 Å². The summed E-state index contributed by atoms with van der Waals surface area (Å²) in [6.07, 6.45) is 0.207. The van der Waals surface area contributed by atoms with Crippen molar-refractivity contribution >= 4 is 5.91 Å². The standard InChI is InChI=1S/C11H15NO3/c1-8(7-13)12-11(15)6-9-3-2-4-10(14)5-9/h2-5,8,13-14H,6-7H2,1H3,(H,12,15)/t8-/m1/s1. The highest BCUT2D eigenvalue weighted by molar-refractivity contribution is 5.78. The van der Waals surface area contributed by atoms with Gasteiger partial charge in [-0.15, -0.1) is 0 Å². The van der Waals surface area contributed by atoms with E-state index in [9.17, 15) is 9.90 Å². The van der Waals surface area contributed by atoms with Gasteiger partial charge in [-0.3, -0.25) is 4.79 Å². The molecule has 3 N–H and O–H groups in total. The van der Waals surface area contributed by atoms with Crippen LogP contribution in [0.3, 0.4) is 0 Å². The maximum Gasteiger partial charge on any atom is 0.224 e. The summed E-state index contributed by atoms with van der Waals surface area (Å²) in [4.78, 5) is 11.4. The average Bonchev–Trinajstić information content (AvgIpc) is 2.17. The molecule has 0 aliphatic rings. The van der Waals surface area contributed by atoms with Gasteiger partial charge in [-0.2, -0.15) is 0 Å². The maximum absolute atomic E-state index is 11.4. The van der Waals surface area contributed by atoms with Crippen molar-refractivity contribution in [3.05, 3.63) is 29.8 Å². The van der Waals surface area contributed by atoms with Gasteiger partial charge < -0.3 is 15.5 Å². The van der Waals surface area contributed by atoms with Gasteiger partial charge in [0.15, 0.2) is 0 Å². The molecule has 0 aliphatic carbocycles. The fraction of sp³-hybridized carbons (Fsp3) is 0.364. The lowest BCUT2D eigenvalue weighted by Gasteiger charge is -2.10. The Morgan fingerprint density at radius 2 is 2.27 bits per heavy atom. The fourth-order valence-corrected chi connectivity index (χ4v) is 1.22. The summed E-state index contributed by atoms with van der Waals surface area (Å²) in [6.45, 7) is 1.64. The van der Waals surface area contributed by atoms with Crippen molar-refractivity contribution in [3.63, 3.8) is 0 Å². The first-order valence-electron chi connectivity index (χ1n) is 4.80. The molecule has 0 bridgehead atoms. The summed E-state index contributed by atoms with van der Waals surface area (Å²) in [5, 5.41) is 20.5. The molecular weight excluding hydrogens is 194 g/mol. The minimum Gasteiger partial charge on any atom is -0.508 e. The summed E-state index contributed by atoms with van der Waals surface area (Å²) >= 11 is 0. The second-order valence-corrected chi connectivity index (χ2v) is 3.50. The van der Waals surface area contributed by atoms with Crippen LogP contribution in [0.2, 0.25) is 0 Å². The van der Waals surface area contributed by atoms with Crippen molar-refractivity contribution in [3.8, 4) is 5.75 Å². The maximum atomic E-state index is 11.4. The zero-order valence-corrected chi connectivity index (χ0v) is 8.60. The van der Waals surface area contributed by atoms with E-state index in [1.54, 1.807) is 31.2 Å². The lowest BCUT2D eigenvalue weighted by Crippen LogP contribution is -2.35. The molecule has 0 saturated heterocycles. The van der Waals surface area contributed by atoms with Gasteiger partial charge in [0.1, 0.15) is 5.75 Å². The topological polar surface area (TPSA) is 69.6 Å². The molecule has 4 heteroatoms. The molecule has 0 saturated carbocycles. The predicted molar refractivity (Wildman–Crippen MR) is 56.5 cm³/mol. The Hall–Kier alpha value is -1.55. The number of aliphatic hydroxyl groups is 1. The van der Waals surface area contributed by atoms with E-state index in [-0.39, 0.29) is 30.7 Å². The monoisotopic (exact) mass is 209 g/mol. The lowest BCUT2D eigenvalue weighted by molar-refractivity contribution is -0.121. The Morgan fingerprint density at radius 3 is 2.87 bits per heavy atom. The zero-order valence-electron chi connectivity index (χ0n) is 8.60. The lowest BCUT2D eigenvalue weighted by atomic mass is 10.1. The number of phenolic OH excluding ortho intramolecular Hbond substituents is 1. The van der Waals surface area contributed by atoms with Crippen LogP contribution in [-0.4, -0.2) is 28.8 Å². The number of benzene rings is 1. The van der Waals surface area contributed by atoms with E-state index in [0.29, 0.717) is 0 Å². The van der Waals surface area contributed by atoms with E-state index >= 15 is 0 Å². The highest BCUT2D eigenvalue weighted by atomic mass is 16.3. The number of nitrogens with one attached hydrogen (secondary N) is 1. The number of hydrogen-bond acceptors (Lipinski definition) is 3. The number of hydrogen-bond donors (Lipinski definition) is 3. The van der Waals surface area contributed by atoms with E-state index in [1.807, 2.05) is 0 Å². The highest BCUT2D eigenvalue weighted by Gasteiger charge is 2.07. The van der Waals surface area contributed by atoms with Gasteiger partial charge in [-0.05, 0) is 24.6 Å². The van der Waals surface area contributed by atoms with E-state index in [0.717, 1.165) is 5.56 Å². The highest BCUT2D eigenvalue weighted by Crippen LogP contribution is 2.11. The smallest absolute Gasteiger partial charge is 0.224 e. The van der Waals surface area contributed by atoms with Gasteiger partial charge in [0.25, 0.3) is 0 Å². The molecule has 0 spiro atoms. The van der Waals surface area contributed by atoms with E-state index in [2.05, 4.69) is 5.32 Å². The van der Waals surface area contributed by atoms with Crippen molar-refractivity contribution in [2.45, 2.75) is 19.4 Å². The van der Waals surface area contributed by atoms with Crippen LogP contribution in [0.15, 0.2) is 24.3 Å². The Bertz CT molecular complexity index is 338. The first-order chi connectivity index (χ1) is 7.11. The third kappa shape index (κ3) is 3.99. The zero-order chi connectivity index (χ0) is 11.3. The number of phenols is 1. The number of amides is 1.